The van der Waals surface area contributed by atoms with Crippen molar-refractivity contribution in [3.8, 4) is 0 Å². The van der Waals surface area contributed by atoms with Crippen LogP contribution in [-0.4, -0.2) is 26.7 Å². The highest BCUT2D eigenvalue weighted by Gasteiger charge is 2.31. The van der Waals surface area contributed by atoms with E-state index in [-0.39, 0.29) is 27.7 Å². The van der Waals surface area contributed by atoms with E-state index < -0.39 is 16.0 Å². The molecule has 0 atom stereocenters. The molecule has 1 aromatic heterocycles. The minimum atomic E-state index is -4.17. The van der Waals surface area contributed by atoms with Gasteiger partial charge >= 0.3 is 5.97 Å². The smallest absolute Gasteiger partial charge is 0.339 e. The van der Waals surface area contributed by atoms with Crippen LogP contribution in [0.15, 0.2) is 70.3 Å². The van der Waals surface area contributed by atoms with E-state index in [0.717, 1.165) is 4.31 Å². The Hall–Kier alpha value is -2.84. The van der Waals surface area contributed by atoms with Gasteiger partial charge in [0.15, 0.2) is 0 Å². The van der Waals surface area contributed by atoms with Gasteiger partial charge in [0.2, 0.25) is 0 Å². The number of methoxy groups -OCH3 is 1. The monoisotopic (exact) mass is 406 g/mol. The van der Waals surface area contributed by atoms with E-state index in [0.29, 0.717) is 5.69 Å². The first kappa shape index (κ1) is 18.9. The summed E-state index contributed by atoms with van der Waals surface area (Å²) in [7, 11) is -2.98. The molecule has 0 saturated carbocycles. The van der Waals surface area contributed by atoms with Crippen molar-refractivity contribution in [2.24, 2.45) is 0 Å². The number of rotatable bonds is 6. The van der Waals surface area contributed by atoms with Crippen molar-refractivity contribution in [1.82, 2.24) is 5.16 Å². The number of carbonyl (C=O) groups excluding carboxylic acids is 1. The van der Waals surface area contributed by atoms with Crippen molar-refractivity contribution in [3.05, 3.63) is 77.1 Å². The topological polar surface area (TPSA) is 89.7 Å². The second-order valence-electron chi connectivity index (χ2n) is 5.44. The largest absolute Gasteiger partial charge is 0.465 e. The first-order valence-corrected chi connectivity index (χ1v) is 9.61. The molecule has 3 rings (SSSR count). The van der Waals surface area contributed by atoms with Crippen LogP contribution in [0.5, 0.6) is 0 Å². The predicted octanol–water partition coefficient (Wildman–Crippen LogP) is 3.51. The molecule has 9 heteroatoms. The van der Waals surface area contributed by atoms with Crippen molar-refractivity contribution >= 4 is 33.3 Å². The normalized spacial score (nSPS) is 11.2. The summed E-state index contributed by atoms with van der Waals surface area (Å²) in [5.41, 5.74) is 0.563. The summed E-state index contributed by atoms with van der Waals surface area (Å²) in [4.78, 5) is 11.9. The van der Waals surface area contributed by atoms with E-state index in [9.17, 15) is 13.2 Å². The highest BCUT2D eigenvalue weighted by atomic mass is 35.5. The minimum Gasteiger partial charge on any atom is -0.465 e. The fourth-order valence-corrected chi connectivity index (χ4v) is 4.43. The lowest BCUT2D eigenvalue weighted by Crippen LogP contribution is -2.32. The van der Waals surface area contributed by atoms with Crippen LogP contribution in [0.2, 0.25) is 5.02 Å². The zero-order valence-electron chi connectivity index (χ0n) is 14.2. The summed E-state index contributed by atoms with van der Waals surface area (Å²) in [6.45, 7) is -0.127. The molecule has 0 saturated heterocycles. The molecule has 0 radical (unpaired) electrons. The number of sulfonamides is 1. The van der Waals surface area contributed by atoms with Gasteiger partial charge in [0, 0.05) is 6.07 Å². The Labute approximate surface area is 161 Å². The van der Waals surface area contributed by atoms with Gasteiger partial charge in [-0.3, -0.25) is 4.31 Å². The molecule has 3 aromatic rings. The highest BCUT2D eigenvalue weighted by Crippen LogP contribution is 2.32. The average molecular weight is 407 g/mol. The molecule has 0 N–H and O–H groups in total. The van der Waals surface area contributed by atoms with Gasteiger partial charge in [0.05, 0.1) is 29.9 Å². The van der Waals surface area contributed by atoms with Crippen molar-refractivity contribution < 1.29 is 22.5 Å². The number of nitrogens with zero attached hydrogens (tertiary/aromatic N) is 2. The van der Waals surface area contributed by atoms with Gasteiger partial charge in [-0.15, -0.1) is 0 Å². The molecule has 1 heterocycles. The van der Waals surface area contributed by atoms with Gasteiger partial charge in [-0.1, -0.05) is 41.0 Å². The standard InChI is InChI=1S/C18H15ClN2O5S/c1-25-18(22)14-6-2-5-9-17(14)27(23,24)21(12-13-10-11-26-20-13)16-8-4-3-7-15(16)19/h2-11H,12H2,1H3. The number of esters is 1. The number of hydrogen-bond acceptors (Lipinski definition) is 6. The van der Waals surface area contributed by atoms with Crippen molar-refractivity contribution in [2.45, 2.75) is 11.4 Å². The number of hydrogen-bond donors (Lipinski definition) is 0. The van der Waals surface area contributed by atoms with Crippen LogP contribution in [0, 0.1) is 0 Å². The molecule has 0 spiro atoms. The molecular weight excluding hydrogens is 392 g/mol. The molecule has 2 aromatic carbocycles. The summed E-state index contributed by atoms with van der Waals surface area (Å²) in [6, 6.07) is 13.9. The fraction of sp³-hybridized carbons (Fsp3) is 0.111. The molecule has 0 bridgehead atoms. The zero-order chi connectivity index (χ0) is 19.4. The highest BCUT2D eigenvalue weighted by molar-refractivity contribution is 7.92. The van der Waals surface area contributed by atoms with Crippen LogP contribution in [0.1, 0.15) is 16.1 Å². The van der Waals surface area contributed by atoms with Gasteiger partial charge in [0.25, 0.3) is 10.0 Å². The van der Waals surface area contributed by atoms with Crippen molar-refractivity contribution in [2.75, 3.05) is 11.4 Å². The maximum Gasteiger partial charge on any atom is 0.339 e. The molecule has 27 heavy (non-hydrogen) atoms. The first-order chi connectivity index (χ1) is 12.9. The Morgan fingerprint density at radius 1 is 1.15 bits per heavy atom. The maximum atomic E-state index is 13.5. The molecule has 0 aliphatic heterocycles. The van der Waals surface area contributed by atoms with Crippen LogP contribution in [0.4, 0.5) is 5.69 Å². The van der Waals surface area contributed by atoms with E-state index >= 15 is 0 Å². The summed E-state index contributed by atoms with van der Waals surface area (Å²) in [5.74, 6) is -0.755. The Morgan fingerprint density at radius 2 is 1.85 bits per heavy atom. The maximum absolute atomic E-state index is 13.5. The number of halogens is 1. The van der Waals surface area contributed by atoms with E-state index in [4.69, 9.17) is 20.9 Å². The molecule has 0 aliphatic carbocycles. The van der Waals surface area contributed by atoms with Gasteiger partial charge in [0.1, 0.15) is 16.9 Å². The van der Waals surface area contributed by atoms with E-state index in [1.54, 1.807) is 36.4 Å². The van der Waals surface area contributed by atoms with Crippen LogP contribution in [0.3, 0.4) is 0 Å². The molecule has 0 aliphatic rings. The first-order valence-electron chi connectivity index (χ1n) is 7.79. The third-order valence-electron chi connectivity index (χ3n) is 3.78. The number of aromatic nitrogens is 1. The minimum absolute atomic E-state index is 0.0720. The second-order valence-corrected chi connectivity index (χ2v) is 7.68. The lowest BCUT2D eigenvalue weighted by atomic mass is 10.2. The van der Waals surface area contributed by atoms with Gasteiger partial charge in [-0.25, -0.2) is 13.2 Å². The van der Waals surface area contributed by atoms with E-state index in [1.807, 2.05) is 0 Å². The SMILES string of the molecule is COC(=O)c1ccccc1S(=O)(=O)N(Cc1ccon1)c1ccccc1Cl. The van der Waals surface area contributed by atoms with Gasteiger partial charge in [-0.05, 0) is 24.3 Å². The van der Waals surface area contributed by atoms with Crippen molar-refractivity contribution in [1.29, 1.82) is 0 Å². The number of para-hydroxylation sites is 1. The Balaban J connectivity index is 2.17. The van der Waals surface area contributed by atoms with Crippen LogP contribution < -0.4 is 4.31 Å². The number of benzene rings is 2. The van der Waals surface area contributed by atoms with Crippen LogP contribution >= 0.6 is 11.6 Å². The molecule has 0 unspecified atom stereocenters. The average Bonchev–Trinajstić information content (AvgIpc) is 3.19. The second kappa shape index (κ2) is 7.81. The van der Waals surface area contributed by atoms with E-state index in [2.05, 4.69) is 5.16 Å². The quantitative estimate of drug-likeness (QED) is 0.582. The van der Waals surface area contributed by atoms with Crippen LogP contribution in [0.25, 0.3) is 0 Å². The van der Waals surface area contributed by atoms with E-state index in [1.165, 1.54) is 31.6 Å². The third-order valence-corrected chi connectivity index (χ3v) is 5.92. The summed E-state index contributed by atoms with van der Waals surface area (Å²) >= 11 is 6.24. The fourth-order valence-electron chi connectivity index (χ4n) is 2.51. The summed E-state index contributed by atoms with van der Waals surface area (Å²) in [5, 5.41) is 4.01. The summed E-state index contributed by atoms with van der Waals surface area (Å²) in [6.07, 6.45) is 1.34. The van der Waals surface area contributed by atoms with Gasteiger partial charge in [-0.2, -0.15) is 0 Å². The summed E-state index contributed by atoms with van der Waals surface area (Å²) < 4.78 is 37.5. The zero-order valence-corrected chi connectivity index (χ0v) is 15.8. The third kappa shape index (κ3) is 3.81. The Morgan fingerprint density at radius 3 is 2.52 bits per heavy atom. The lowest BCUT2D eigenvalue weighted by molar-refractivity contribution is 0.0596. The molecule has 140 valence electrons. The predicted molar refractivity (Wildman–Crippen MR) is 99.1 cm³/mol. The molecule has 0 fully saturated rings. The lowest BCUT2D eigenvalue weighted by Gasteiger charge is -2.25. The van der Waals surface area contributed by atoms with Gasteiger partial charge < -0.3 is 9.26 Å². The van der Waals surface area contributed by atoms with Crippen LogP contribution in [-0.2, 0) is 21.3 Å². The number of carbonyl (C=O) groups is 1. The number of ether oxygens (including phenoxy) is 1. The Bertz CT molecular complexity index is 1050. The molecular formula is C18H15ClN2O5S. The molecule has 0 amide bonds. The molecule has 7 nitrogen and oxygen atoms in total. The van der Waals surface area contributed by atoms with Crippen molar-refractivity contribution in [3.63, 3.8) is 0 Å². The Kier molecular flexibility index (Phi) is 5.48. The number of anilines is 1.